The zero-order valence-corrected chi connectivity index (χ0v) is 9.12. The summed E-state index contributed by atoms with van der Waals surface area (Å²) in [5, 5.41) is 0. The Morgan fingerprint density at radius 3 is 2.44 bits per heavy atom. The summed E-state index contributed by atoms with van der Waals surface area (Å²) in [6, 6.07) is 12.1. The van der Waals surface area contributed by atoms with Crippen molar-refractivity contribution in [2.75, 3.05) is 0 Å². The maximum atomic E-state index is 4.41. The molecule has 0 unspecified atom stereocenters. The molecule has 1 aromatic heterocycles. The van der Waals surface area contributed by atoms with Crippen molar-refractivity contribution in [3.05, 3.63) is 60.2 Å². The Hall–Kier alpha value is -2.03. The van der Waals surface area contributed by atoms with Crippen LogP contribution in [0, 0.1) is 0 Å². The first-order chi connectivity index (χ1) is 7.86. The Kier molecular flexibility index (Phi) is 3.38. The summed E-state index contributed by atoms with van der Waals surface area (Å²) >= 11 is 0. The molecule has 1 heterocycles. The molecule has 2 rings (SSSR count). The Morgan fingerprint density at radius 2 is 1.75 bits per heavy atom. The standard InChI is InChI=1S/C13H13N3/c1-11(12-6-3-2-4-7-12)16-10-13-14-8-5-9-15-13/h2-11H,1H3/b16-10+/t11-/m0/s1. The molecule has 3 nitrogen and oxygen atoms in total. The van der Waals surface area contributed by atoms with Gasteiger partial charge in [-0.1, -0.05) is 30.3 Å². The summed E-state index contributed by atoms with van der Waals surface area (Å²) < 4.78 is 0. The zero-order valence-electron chi connectivity index (χ0n) is 9.12. The molecule has 0 aliphatic carbocycles. The highest BCUT2D eigenvalue weighted by Crippen LogP contribution is 2.14. The summed E-state index contributed by atoms with van der Waals surface area (Å²) in [6.07, 6.45) is 5.13. The number of rotatable bonds is 3. The number of hydrogen-bond acceptors (Lipinski definition) is 3. The zero-order chi connectivity index (χ0) is 11.2. The third-order valence-electron chi connectivity index (χ3n) is 2.28. The lowest BCUT2D eigenvalue weighted by molar-refractivity contribution is 0.823. The van der Waals surface area contributed by atoms with Gasteiger partial charge in [0.15, 0.2) is 5.82 Å². The normalized spacial score (nSPS) is 12.8. The minimum Gasteiger partial charge on any atom is -0.281 e. The van der Waals surface area contributed by atoms with Gasteiger partial charge in [-0.25, -0.2) is 9.97 Å². The van der Waals surface area contributed by atoms with Crippen LogP contribution in [-0.4, -0.2) is 16.2 Å². The molecule has 0 saturated heterocycles. The van der Waals surface area contributed by atoms with Gasteiger partial charge in [-0.3, -0.25) is 4.99 Å². The van der Waals surface area contributed by atoms with Gasteiger partial charge >= 0.3 is 0 Å². The van der Waals surface area contributed by atoms with E-state index in [9.17, 15) is 0 Å². The minimum absolute atomic E-state index is 0.130. The van der Waals surface area contributed by atoms with Gasteiger partial charge in [0.25, 0.3) is 0 Å². The predicted octanol–water partition coefficient (Wildman–Crippen LogP) is 2.66. The highest BCUT2D eigenvalue weighted by atomic mass is 14.9. The Bertz CT molecular complexity index is 451. The summed E-state index contributed by atoms with van der Waals surface area (Å²) in [5.74, 6) is 0.644. The Balaban J connectivity index is 2.08. The van der Waals surface area contributed by atoms with Crippen LogP contribution in [0.5, 0.6) is 0 Å². The summed E-state index contributed by atoms with van der Waals surface area (Å²) in [7, 11) is 0. The molecule has 16 heavy (non-hydrogen) atoms. The lowest BCUT2D eigenvalue weighted by Gasteiger charge is -2.04. The van der Waals surface area contributed by atoms with E-state index in [1.54, 1.807) is 24.7 Å². The first-order valence-electron chi connectivity index (χ1n) is 5.21. The van der Waals surface area contributed by atoms with Gasteiger partial charge in [0, 0.05) is 12.4 Å². The van der Waals surface area contributed by atoms with Crippen LogP contribution in [0.2, 0.25) is 0 Å². The second-order valence-electron chi connectivity index (χ2n) is 3.47. The van der Waals surface area contributed by atoms with E-state index in [-0.39, 0.29) is 6.04 Å². The van der Waals surface area contributed by atoms with Gasteiger partial charge < -0.3 is 0 Å². The molecular weight excluding hydrogens is 198 g/mol. The van der Waals surface area contributed by atoms with Gasteiger partial charge in [-0.2, -0.15) is 0 Å². The fourth-order valence-electron chi connectivity index (χ4n) is 1.37. The van der Waals surface area contributed by atoms with Crippen LogP contribution in [0.1, 0.15) is 24.4 Å². The molecule has 0 radical (unpaired) electrons. The van der Waals surface area contributed by atoms with Crippen molar-refractivity contribution in [1.82, 2.24) is 9.97 Å². The monoisotopic (exact) mass is 211 g/mol. The quantitative estimate of drug-likeness (QED) is 0.732. The van der Waals surface area contributed by atoms with E-state index in [1.165, 1.54) is 5.56 Å². The van der Waals surface area contributed by atoms with Gasteiger partial charge in [0.1, 0.15) is 0 Å². The van der Waals surface area contributed by atoms with E-state index in [1.807, 2.05) is 18.2 Å². The average molecular weight is 211 g/mol. The molecule has 0 bridgehead atoms. The third-order valence-corrected chi connectivity index (χ3v) is 2.28. The van der Waals surface area contributed by atoms with Crippen molar-refractivity contribution < 1.29 is 0 Å². The molecule has 0 saturated carbocycles. The molecule has 0 aliphatic heterocycles. The average Bonchev–Trinajstić information content (AvgIpc) is 2.38. The molecule has 0 amide bonds. The topological polar surface area (TPSA) is 38.1 Å². The maximum Gasteiger partial charge on any atom is 0.170 e. The summed E-state index contributed by atoms with van der Waals surface area (Å²) in [4.78, 5) is 12.6. The van der Waals surface area contributed by atoms with Crippen LogP contribution >= 0.6 is 0 Å². The van der Waals surface area contributed by atoms with E-state index in [0.717, 1.165) is 0 Å². The predicted molar refractivity (Wildman–Crippen MR) is 64.5 cm³/mol. The molecule has 2 aromatic rings. The Morgan fingerprint density at radius 1 is 1.06 bits per heavy atom. The van der Waals surface area contributed by atoms with Crippen LogP contribution < -0.4 is 0 Å². The Labute approximate surface area is 94.9 Å². The first-order valence-corrected chi connectivity index (χ1v) is 5.21. The fraction of sp³-hybridized carbons (Fsp3) is 0.154. The smallest absolute Gasteiger partial charge is 0.170 e. The van der Waals surface area contributed by atoms with Crippen LogP contribution in [-0.2, 0) is 0 Å². The van der Waals surface area contributed by atoms with Crippen LogP contribution in [0.4, 0.5) is 0 Å². The molecule has 0 N–H and O–H groups in total. The van der Waals surface area contributed by atoms with E-state index in [4.69, 9.17) is 0 Å². The number of nitrogens with zero attached hydrogens (tertiary/aromatic N) is 3. The molecule has 3 heteroatoms. The molecule has 1 atom stereocenters. The molecule has 80 valence electrons. The third kappa shape index (κ3) is 2.73. The summed E-state index contributed by atoms with van der Waals surface area (Å²) in [6.45, 7) is 2.05. The van der Waals surface area contributed by atoms with E-state index in [0.29, 0.717) is 5.82 Å². The minimum atomic E-state index is 0.130. The number of benzene rings is 1. The van der Waals surface area contributed by atoms with Crippen molar-refractivity contribution in [1.29, 1.82) is 0 Å². The molecular formula is C13H13N3. The van der Waals surface area contributed by atoms with Gasteiger partial charge in [-0.15, -0.1) is 0 Å². The van der Waals surface area contributed by atoms with Gasteiger partial charge in [0.05, 0.1) is 12.3 Å². The molecule has 0 fully saturated rings. The summed E-state index contributed by atoms with van der Waals surface area (Å²) in [5.41, 5.74) is 1.19. The second-order valence-corrected chi connectivity index (χ2v) is 3.47. The number of aliphatic imine (C=N–C) groups is 1. The van der Waals surface area contributed by atoms with Crippen molar-refractivity contribution in [2.24, 2.45) is 4.99 Å². The SMILES string of the molecule is C[C@H](/N=C/c1ncccn1)c1ccccc1. The highest BCUT2D eigenvalue weighted by molar-refractivity contribution is 5.74. The first kappa shape index (κ1) is 10.5. The molecule has 1 aromatic carbocycles. The second kappa shape index (κ2) is 5.16. The van der Waals surface area contributed by atoms with Crippen molar-refractivity contribution in [3.63, 3.8) is 0 Å². The lowest BCUT2D eigenvalue weighted by atomic mass is 10.1. The number of hydrogen-bond donors (Lipinski definition) is 0. The van der Waals surface area contributed by atoms with Gasteiger partial charge in [-0.05, 0) is 18.6 Å². The fourth-order valence-corrected chi connectivity index (χ4v) is 1.37. The van der Waals surface area contributed by atoms with Crippen LogP contribution in [0.3, 0.4) is 0 Å². The van der Waals surface area contributed by atoms with E-state index >= 15 is 0 Å². The van der Waals surface area contributed by atoms with E-state index < -0.39 is 0 Å². The largest absolute Gasteiger partial charge is 0.281 e. The highest BCUT2D eigenvalue weighted by Gasteiger charge is 2.00. The lowest BCUT2D eigenvalue weighted by Crippen LogP contribution is -1.94. The van der Waals surface area contributed by atoms with Crippen molar-refractivity contribution >= 4 is 6.21 Å². The van der Waals surface area contributed by atoms with Gasteiger partial charge in [0.2, 0.25) is 0 Å². The maximum absolute atomic E-state index is 4.41. The molecule has 0 spiro atoms. The van der Waals surface area contributed by atoms with E-state index in [2.05, 4.69) is 34.0 Å². The van der Waals surface area contributed by atoms with Crippen molar-refractivity contribution in [3.8, 4) is 0 Å². The number of aromatic nitrogens is 2. The van der Waals surface area contributed by atoms with Crippen molar-refractivity contribution in [2.45, 2.75) is 13.0 Å². The molecule has 0 aliphatic rings. The van der Waals surface area contributed by atoms with Crippen LogP contribution in [0.15, 0.2) is 53.8 Å². The van der Waals surface area contributed by atoms with Crippen LogP contribution in [0.25, 0.3) is 0 Å².